The molecule has 0 aliphatic rings. The zero-order chi connectivity index (χ0) is 12.7. The van der Waals surface area contributed by atoms with Gasteiger partial charge in [-0.25, -0.2) is 4.79 Å². The number of hydrogen-bond acceptors (Lipinski definition) is 5. The van der Waals surface area contributed by atoms with Gasteiger partial charge in [-0.05, 0) is 6.42 Å². The third kappa shape index (κ3) is 4.82. The van der Waals surface area contributed by atoms with E-state index in [1.54, 1.807) is 0 Å². The largest absolute Gasteiger partial charge is 0.480 e. The Labute approximate surface area is 99.3 Å². The van der Waals surface area contributed by atoms with Crippen molar-refractivity contribution >= 4 is 24.5 Å². The molecule has 7 heteroatoms. The molecule has 0 aliphatic carbocycles. The summed E-state index contributed by atoms with van der Waals surface area (Å²) >= 11 is 3.87. The van der Waals surface area contributed by atoms with Crippen molar-refractivity contribution in [3.05, 3.63) is 0 Å². The predicted octanol–water partition coefficient (Wildman–Crippen LogP) is -1.04. The smallest absolute Gasteiger partial charge is 0.327 e. The second kappa shape index (κ2) is 7.48. The number of thiol groups is 1. The fourth-order valence-corrected chi connectivity index (χ4v) is 1.58. The van der Waals surface area contributed by atoms with Gasteiger partial charge in [0, 0.05) is 19.2 Å². The number of carbonyl (C=O) groups is 2. The molecule has 94 valence electrons. The lowest BCUT2D eigenvalue weighted by Gasteiger charge is -2.27. The van der Waals surface area contributed by atoms with Gasteiger partial charge in [0.25, 0.3) is 0 Å². The third-order valence-electron chi connectivity index (χ3n) is 2.15. The van der Waals surface area contributed by atoms with Gasteiger partial charge >= 0.3 is 5.97 Å². The molecule has 0 aliphatic heterocycles. The topological polar surface area (TPSA) is 98.1 Å². The average Bonchev–Trinajstić information content (AvgIpc) is 2.22. The fraction of sp³-hybridized carbons (Fsp3) is 0.778. The van der Waals surface area contributed by atoms with Gasteiger partial charge in [0.15, 0.2) is 0 Å². The van der Waals surface area contributed by atoms with Crippen molar-refractivity contribution in [2.45, 2.75) is 25.5 Å². The van der Waals surface area contributed by atoms with E-state index in [0.29, 0.717) is 0 Å². The van der Waals surface area contributed by atoms with Crippen molar-refractivity contribution in [2.24, 2.45) is 0 Å². The van der Waals surface area contributed by atoms with Gasteiger partial charge in [-0.15, -0.1) is 0 Å². The second-order valence-corrected chi connectivity index (χ2v) is 3.74. The summed E-state index contributed by atoms with van der Waals surface area (Å²) in [6.45, 7) is 0.920. The highest BCUT2D eigenvalue weighted by molar-refractivity contribution is 7.80. The summed E-state index contributed by atoms with van der Waals surface area (Å²) < 4.78 is 0. The van der Waals surface area contributed by atoms with Crippen LogP contribution in [-0.4, -0.2) is 63.1 Å². The zero-order valence-corrected chi connectivity index (χ0v) is 9.93. The molecular formula is C9H17NO5S. The summed E-state index contributed by atoms with van der Waals surface area (Å²) in [5.41, 5.74) is 0. The summed E-state index contributed by atoms with van der Waals surface area (Å²) in [5.74, 6) is -1.53. The standard InChI is InChI=1S/C9H17NO5S/c1-6(12)10(3-2-7(13)4-11)8(5-16)9(14)15/h7-8,11,13,16H,2-5H2,1H3,(H,14,15)/t7?,8-/m0/s1. The Morgan fingerprint density at radius 2 is 2.00 bits per heavy atom. The van der Waals surface area contributed by atoms with E-state index in [1.165, 1.54) is 6.92 Å². The summed E-state index contributed by atoms with van der Waals surface area (Å²) in [6, 6.07) is -1.01. The van der Waals surface area contributed by atoms with Crippen molar-refractivity contribution in [1.82, 2.24) is 4.90 Å². The molecule has 1 unspecified atom stereocenters. The van der Waals surface area contributed by atoms with Gasteiger partial charge in [-0.1, -0.05) is 0 Å². The lowest BCUT2D eigenvalue weighted by atomic mass is 10.2. The molecule has 0 rings (SSSR count). The van der Waals surface area contributed by atoms with Crippen LogP contribution in [0.25, 0.3) is 0 Å². The van der Waals surface area contributed by atoms with Crippen molar-refractivity contribution in [2.75, 3.05) is 18.9 Å². The summed E-state index contributed by atoms with van der Waals surface area (Å²) in [4.78, 5) is 23.2. The van der Waals surface area contributed by atoms with E-state index >= 15 is 0 Å². The molecule has 0 aromatic carbocycles. The van der Waals surface area contributed by atoms with Crippen LogP contribution in [0, 0.1) is 0 Å². The number of rotatable bonds is 7. The Kier molecular flexibility index (Phi) is 7.11. The predicted molar refractivity (Wildman–Crippen MR) is 60.4 cm³/mol. The van der Waals surface area contributed by atoms with Gasteiger partial charge in [0.2, 0.25) is 5.91 Å². The molecule has 2 atom stereocenters. The quantitative estimate of drug-likeness (QED) is 0.433. The monoisotopic (exact) mass is 251 g/mol. The first kappa shape index (κ1) is 15.2. The number of amides is 1. The second-order valence-electron chi connectivity index (χ2n) is 3.37. The molecule has 0 saturated heterocycles. The number of carboxylic acids is 1. The van der Waals surface area contributed by atoms with Gasteiger partial charge in [-0.3, -0.25) is 4.79 Å². The molecular weight excluding hydrogens is 234 g/mol. The van der Waals surface area contributed by atoms with E-state index in [1.807, 2.05) is 0 Å². The van der Waals surface area contributed by atoms with Crippen molar-refractivity contribution in [3.63, 3.8) is 0 Å². The molecule has 0 saturated carbocycles. The molecule has 0 heterocycles. The van der Waals surface area contributed by atoms with E-state index in [2.05, 4.69) is 12.6 Å². The number of aliphatic hydroxyl groups is 2. The van der Waals surface area contributed by atoms with Crippen molar-refractivity contribution in [1.29, 1.82) is 0 Å². The van der Waals surface area contributed by atoms with E-state index in [0.717, 1.165) is 4.90 Å². The third-order valence-corrected chi connectivity index (χ3v) is 2.50. The number of carbonyl (C=O) groups excluding carboxylic acids is 1. The first-order valence-corrected chi connectivity index (χ1v) is 5.47. The Hall–Kier alpha value is -0.790. The number of aliphatic carboxylic acids is 1. The molecule has 6 nitrogen and oxygen atoms in total. The number of carboxylic acid groups (broad SMARTS) is 1. The van der Waals surface area contributed by atoms with Crippen LogP contribution in [0.4, 0.5) is 0 Å². The van der Waals surface area contributed by atoms with Gasteiger partial charge < -0.3 is 20.2 Å². The maximum absolute atomic E-state index is 11.2. The molecule has 0 fully saturated rings. The highest BCUT2D eigenvalue weighted by Crippen LogP contribution is 2.06. The van der Waals surface area contributed by atoms with E-state index in [-0.39, 0.29) is 18.7 Å². The maximum Gasteiger partial charge on any atom is 0.327 e. The fourth-order valence-electron chi connectivity index (χ4n) is 1.22. The summed E-state index contributed by atoms with van der Waals surface area (Å²) in [7, 11) is 0. The van der Waals surface area contributed by atoms with Crippen LogP contribution in [-0.2, 0) is 9.59 Å². The molecule has 3 N–H and O–H groups in total. The van der Waals surface area contributed by atoms with E-state index in [4.69, 9.17) is 15.3 Å². The van der Waals surface area contributed by atoms with Crippen LogP contribution in [0.1, 0.15) is 13.3 Å². The first-order valence-electron chi connectivity index (χ1n) is 4.83. The average molecular weight is 251 g/mol. The lowest BCUT2D eigenvalue weighted by molar-refractivity contribution is -0.148. The Morgan fingerprint density at radius 3 is 2.31 bits per heavy atom. The van der Waals surface area contributed by atoms with Gasteiger partial charge in [0.1, 0.15) is 6.04 Å². The number of nitrogens with zero attached hydrogens (tertiary/aromatic N) is 1. The Balaban J connectivity index is 4.48. The molecule has 16 heavy (non-hydrogen) atoms. The van der Waals surface area contributed by atoms with Crippen LogP contribution < -0.4 is 0 Å². The van der Waals surface area contributed by atoms with E-state index in [9.17, 15) is 9.59 Å². The van der Waals surface area contributed by atoms with Gasteiger partial charge in [0.05, 0.1) is 12.7 Å². The van der Waals surface area contributed by atoms with Crippen LogP contribution in [0.5, 0.6) is 0 Å². The molecule has 0 radical (unpaired) electrons. The van der Waals surface area contributed by atoms with E-state index < -0.39 is 30.6 Å². The first-order chi connectivity index (χ1) is 7.43. The SMILES string of the molecule is CC(=O)N(CCC(O)CO)[C@@H](CS)C(=O)O. The van der Waals surface area contributed by atoms with Crippen LogP contribution in [0.15, 0.2) is 0 Å². The number of hydrogen-bond donors (Lipinski definition) is 4. The lowest BCUT2D eigenvalue weighted by Crippen LogP contribution is -2.46. The minimum Gasteiger partial charge on any atom is -0.480 e. The zero-order valence-electron chi connectivity index (χ0n) is 9.04. The summed E-state index contributed by atoms with van der Waals surface area (Å²) in [6.07, 6.45) is -0.815. The highest BCUT2D eigenvalue weighted by atomic mass is 32.1. The van der Waals surface area contributed by atoms with Crippen LogP contribution in [0.2, 0.25) is 0 Å². The van der Waals surface area contributed by atoms with Crippen molar-refractivity contribution in [3.8, 4) is 0 Å². The summed E-state index contributed by atoms with van der Waals surface area (Å²) in [5, 5.41) is 26.6. The number of aliphatic hydroxyl groups excluding tert-OH is 2. The van der Waals surface area contributed by atoms with Gasteiger partial charge in [-0.2, -0.15) is 12.6 Å². The maximum atomic E-state index is 11.2. The minimum absolute atomic E-state index is 0.00410. The molecule has 0 aromatic heterocycles. The molecule has 0 spiro atoms. The van der Waals surface area contributed by atoms with Crippen molar-refractivity contribution < 1.29 is 24.9 Å². The minimum atomic E-state index is -1.14. The molecule has 0 bridgehead atoms. The Bertz CT molecular complexity index is 248. The highest BCUT2D eigenvalue weighted by Gasteiger charge is 2.26. The normalized spacial score (nSPS) is 14.2. The molecule has 1 amide bonds. The molecule has 0 aromatic rings. The Morgan fingerprint density at radius 1 is 1.44 bits per heavy atom. The van der Waals surface area contributed by atoms with Crippen LogP contribution >= 0.6 is 12.6 Å². The van der Waals surface area contributed by atoms with Crippen LogP contribution in [0.3, 0.4) is 0 Å².